The largest absolute Gasteiger partial charge is 0.323 e. The lowest BCUT2D eigenvalue weighted by Crippen LogP contribution is -2.49. The molecule has 0 unspecified atom stereocenters. The highest BCUT2D eigenvalue weighted by Crippen LogP contribution is 2.33. The van der Waals surface area contributed by atoms with Crippen LogP contribution < -0.4 is 10.6 Å². The summed E-state index contributed by atoms with van der Waals surface area (Å²) >= 11 is 0. The average Bonchev–Trinajstić information content (AvgIpc) is 2.26. The number of carbonyl (C=O) groups is 2. The van der Waals surface area contributed by atoms with Gasteiger partial charge in [0.25, 0.3) is 5.91 Å². The SMILES string of the molecule is C[C@@H]1CCC[C@]2(C1)NC(=O)NC2=O. The molecule has 1 aliphatic carbocycles. The molecule has 2 fully saturated rings. The van der Waals surface area contributed by atoms with Crippen molar-refractivity contribution in [3.05, 3.63) is 0 Å². The summed E-state index contributed by atoms with van der Waals surface area (Å²) in [6.45, 7) is 2.12. The topological polar surface area (TPSA) is 58.2 Å². The first-order valence-corrected chi connectivity index (χ1v) is 4.76. The van der Waals surface area contributed by atoms with Gasteiger partial charge in [0, 0.05) is 0 Å². The van der Waals surface area contributed by atoms with Gasteiger partial charge >= 0.3 is 6.03 Å². The average molecular weight is 182 g/mol. The maximum absolute atomic E-state index is 11.5. The molecule has 4 nitrogen and oxygen atoms in total. The first-order valence-electron chi connectivity index (χ1n) is 4.76. The summed E-state index contributed by atoms with van der Waals surface area (Å²) in [5.74, 6) is 0.391. The molecular formula is C9H14N2O2. The molecule has 1 spiro atoms. The Morgan fingerprint density at radius 3 is 2.77 bits per heavy atom. The van der Waals surface area contributed by atoms with Crippen LogP contribution in [0.25, 0.3) is 0 Å². The third kappa shape index (κ3) is 1.30. The molecule has 2 aliphatic rings. The van der Waals surface area contributed by atoms with Crippen LogP contribution in [0, 0.1) is 5.92 Å². The number of carbonyl (C=O) groups excluding carboxylic acids is 2. The number of nitrogens with one attached hydrogen (secondary N) is 2. The van der Waals surface area contributed by atoms with E-state index in [2.05, 4.69) is 17.6 Å². The van der Waals surface area contributed by atoms with Crippen molar-refractivity contribution in [2.45, 2.75) is 38.1 Å². The van der Waals surface area contributed by atoms with Crippen molar-refractivity contribution < 1.29 is 9.59 Å². The molecule has 3 amide bonds. The van der Waals surface area contributed by atoms with E-state index in [1.165, 1.54) is 0 Å². The van der Waals surface area contributed by atoms with Crippen molar-refractivity contribution >= 4 is 11.9 Å². The van der Waals surface area contributed by atoms with Gasteiger partial charge in [-0.25, -0.2) is 4.79 Å². The van der Waals surface area contributed by atoms with Gasteiger partial charge in [0.15, 0.2) is 0 Å². The van der Waals surface area contributed by atoms with Crippen LogP contribution in [-0.2, 0) is 4.79 Å². The highest BCUT2D eigenvalue weighted by Gasteiger charge is 2.47. The molecule has 2 N–H and O–H groups in total. The normalized spacial score (nSPS) is 39.0. The zero-order valence-electron chi connectivity index (χ0n) is 7.72. The zero-order valence-corrected chi connectivity index (χ0v) is 7.72. The molecule has 2 atom stereocenters. The molecular weight excluding hydrogens is 168 g/mol. The number of amides is 3. The monoisotopic (exact) mass is 182 g/mol. The van der Waals surface area contributed by atoms with Crippen molar-refractivity contribution in [3.63, 3.8) is 0 Å². The number of hydrogen-bond acceptors (Lipinski definition) is 2. The van der Waals surface area contributed by atoms with Gasteiger partial charge in [0.1, 0.15) is 5.54 Å². The third-order valence-corrected chi connectivity index (χ3v) is 3.01. The Labute approximate surface area is 77.1 Å². The molecule has 2 rings (SSSR count). The van der Waals surface area contributed by atoms with Gasteiger partial charge in [0.2, 0.25) is 0 Å². The van der Waals surface area contributed by atoms with Crippen LogP contribution in [0.15, 0.2) is 0 Å². The van der Waals surface area contributed by atoms with Crippen LogP contribution in [0.3, 0.4) is 0 Å². The highest BCUT2D eigenvalue weighted by molar-refractivity contribution is 6.07. The third-order valence-electron chi connectivity index (χ3n) is 3.01. The molecule has 0 aromatic heterocycles. The van der Waals surface area contributed by atoms with Crippen LogP contribution in [-0.4, -0.2) is 17.5 Å². The molecule has 1 aliphatic heterocycles. The summed E-state index contributed by atoms with van der Waals surface area (Å²) in [4.78, 5) is 22.5. The quantitative estimate of drug-likeness (QED) is 0.544. The van der Waals surface area contributed by atoms with Crippen molar-refractivity contribution in [2.75, 3.05) is 0 Å². The molecule has 13 heavy (non-hydrogen) atoms. The lowest BCUT2D eigenvalue weighted by atomic mass is 9.76. The minimum absolute atomic E-state index is 0.135. The van der Waals surface area contributed by atoms with Gasteiger partial charge in [-0.15, -0.1) is 0 Å². The van der Waals surface area contributed by atoms with E-state index in [-0.39, 0.29) is 11.9 Å². The lowest BCUT2D eigenvalue weighted by molar-refractivity contribution is -0.125. The van der Waals surface area contributed by atoms with Crippen molar-refractivity contribution in [1.82, 2.24) is 10.6 Å². The number of urea groups is 1. The van der Waals surface area contributed by atoms with Gasteiger partial charge < -0.3 is 5.32 Å². The molecule has 0 aromatic rings. The van der Waals surface area contributed by atoms with Gasteiger partial charge in [-0.2, -0.15) is 0 Å². The minimum atomic E-state index is -0.575. The Morgan fingerprint density at radius 1 is 1.46 bits per heavy atom. The molecule has 0 aromatic carbocycles. The van der Waals surface area contributed by atoms with Crippen molar-refractivity contribution in [3.8, 4) is 0 Å². The van der Waals surface area contributed by atoms with E-state index in [0.717, 1.165) is 25.7 Å². The second kappa shape index (κ2) is 2.72. The summed E-state index contributed by atoms with van der Waals surface area (Å²) in [5.41, 5.74) is -0.575. The molecule has 72 valence electrons. The number of rotatable bonds is 0. The fourth-order valence-electron chi connectivity index (χ4n) is 2.40. The van der Waals surface area contributed by atoms with E-state index in [1.807, 2.05) is 0 Å². The van der Waals surface area contributed by atoms with E-state index in [9.17, 15) is 9.59 Å². The molecule has 1 saturated heterocycles. The van der Waals surface area contributed by atoms with E-state index in [4.69, 9.17) is 0 Å². The second-order valence-electron chi connectivity index (χ2n) is 4.19. The standard InChI is InChI=1S/C9H14N2O2/c1-6-3-2-4-9(5-6)7(12)10-8(13)11-9/h6H,2-5H2,1H3,(H2,10,11,12,13)/t6-,9-/m1/s1. The van der Waals surface area contributed by atoms with Gasteiger partial charge in [0.05, 0.1) is 0 Å². The molecule has 4 heteroatoms. The molecule has 0 radical (unpaired) electrons. The van der Waals surface area contributed by atoms with E-state index < -0.39 is 5.54 Å². The van der Waals surface area contributed by atoms with Gasteiger partial charge in [-0.3, -0.25) is 10.1 Å². The van der Waals surface area contributed by atoms with E-state index in [0.29, 0.717) is 5.92 Å². The summed E-state index contributed by atoms with van der Waals surface area (Å²) in [5, 5.41) is 5.06. The maximum atomic E-state index is 11.5. The summed E-state index contributed by atoms with van der Waals surface area (Å²) in [6.07, 6.45) is 3.75. The molecule has 0 bridgehead atoms. The summed E-state index contributed by atoms with van der Waals surface area (Å²) < 4.78 is 0. The number of hydrogen-bond donors (Lipinski definition) is 2. The summed E-state index contributed by atoms with van der Waals surface area (Å²) in [7, 11) is 0. The zero-order chi connectivity index (χ0) is 9.47. The van der Waals surface area contributed by atoms with Crippen LogP contribution >= 0.6 is 0 Å². The highest BCUT2D eigenvalue weighted by atomic mass is 16.2. The minimum Gasteiger partial charge on any atom is -0.323 e. The first kappa shape index (κ1) is 8.53. The van der Waals surface area contributed by atoms with Gasteiger partial charge in [-0.05, 0) is 18.8 Å². The fraction of sp³-hybridized carbons (Fsp3) is 0.778. The van der Waals surface area contributed by atoms with E-state index in [1.54, 1.807) is 0 Å². The molecule has 1 heterocycles. The summed E-state index contributed by atoms with van der Waals surface area (Å²) in [6, 6.07) is -0.334. The molecule has 1 saturated carbocycles. The lowest BCUT2D eigenvalue weighted by Gasteiger charge is -2.33. The van der Waals surface area contributed by atoms with Crippen LogP contribution in [0.4, 0.5) is 4.79 Å². The van der Waals surface area contributed by atoms with Crippen molar-refractivity contribution in [1.29, 1.82) is 0 Å². The Balaban J connectivity index is 2.19. The number of imide groups is 1. The van der Waals surface area contributed by atoms with Crippen LogP contribution in [0.5, 0.6) is 0 Å². The Morgan fingerprint density at radius 2 is 2.23 bits per heavy atom. The Kier molecular flexibility index (Phi) is 1.78. The Bertz CT molecular complexity index is 264. The van der Waals surface area contributed by atoms with Crippen molar-refractivity contribution in [2.24, 2.45) is 5.92 Å². The first-order chi connectivity index (χ1) is 6.12. The fourth-order valence-corrected chi connectivity index (χ4v) is 2.40. The van der Waals surface area contributed by atoms with Crippen LogP contribution in [0.1, 0.15) is 32.6 Å². The maximum Gasteiger partial charge on any atom is 0.322 e. The predicted molar refractivity (Wildman–Crippen MR) is 47.0 cm³/mol. The smallest absolute Gasteiger partial charge is 0.322 e. The van der Waals surface area contributed by atoms with Gasteiger partial charge in [-0.1, -0.05) is 19.8 Å². The second-order valence-corrected chi connectivity index (χ2v) is 4.19. The van der Waals surface area contributed by atoms with E-state index >= 15 is 0 Å². The van der Waals surface area contributed by atoms with Crippen LogP contribution in [0.2, 0.25) is 0 Å². The Hall–Kier alpha value is -1.06. The predicted octanol–water partition coefficient (Wildman–Crippen LogP) is 0.775.